The van der Waals surface area contributed by atoms with Crippen molar-refractivity contribution in [2.24, 2.45) is 0 Å². The Hall–Kier alpha value is 0.948. The van der Waals surface area contributed by atoms with Crippen molar-refractivity contribution in [1.82, 2.24) is 0 Å². The first-order chi connectivity index (χ1) is 14.3. The summed E-state index contributed by atoms with van der Waals surface area (Å²) in [6, 6.07) is 16.0. The Morgan fingerprint density at radius 1 is 0.500 bits per heavy atom. The average Bonchev–Trinajstić information content (AvgIpc) is 2.67. The second kappa shape index (κ2) is 13.7. The van der Waals surface area contributed by atoms with Crippen LogP contribution in [0.3, 0.4) is 0 Å². The second-order valence-corrected chi connectivity index (χ2v) is 15.2. The van der Waals surface area contributed by atoms with Crippen LogP contribution in [-0.2, 0) is 30.4 Å². The summed E-state index contributed by atoms with van der Waals surface area (Å²) in [5.41, 5.74) is 0. The molecule has 16 heteroatoms. The molecule has 0 atom stereocenters. The zero-order valence-corrected chi connectivity index (χ0v) is 28.7. The van der Waals surface area contributed by atoms with Crippen LogP contribution in [0.1, 0.15) is 4.28 Å². The summed E-state index contributed by atoms with van der Waals surface area (Å²) < 4.78 is 99.1. The summed E-state index contributed by atoms with van der Waals surface area (Å²) in [5, 5.41) is 0. The first-order valence-electron chi connectivity index (χ1n) is 8.30. The van der Waals surface area contributed by atoms with Crippen LogP contribution in [0.15, 0.2) is 87.5 Å². The standard InChI is InChI=1S/C18H15AsO9S3.3Na.3H/c20-29(21,22)16-7-1-4-13(10-16)19(14-5-2-8-17(11-14)30(23,24)25)15-6-3-9-18(12-15)31(26,27)28;;;;;;/h1-12H,(H,20,21,22)(H,23,24,25)(H,26,27,28);;;;;;/q;3*+1;3*-1. The van der Waals surface area contributed by atoms with Gasteiger partial charge in [0.25, 0.3) is 0 Å². The quantitative estimate of drug-likeness (QED) is 0.180. The Morgan fingerprint density at radius 2 is 0.735 bits per heavy atom. The van der Waals surface area contributed by atoms with Crippen LogP contribution in [0.2, 0.25) is 0 Å². The molecule has 0 aliphatic rings. The van der Waals surface area contributed by atoms with E-state index >= 15 is 0 Å². The maximum absolute atomic E-state index is 11.6. The van der Waals surface area contributed by atoms with Gasteiger partial charge in [-0.3, -0.25) is 0 Å². The fraction of sp³-hybridized carbons (Fsp3) is 0. The van der Waals surface area contributed by atoms with Gasteiger partial charge >= 0.3 is 273 Å². The molecule has 0 unspecified atom stereocenters. The number of benzene rings is 3. The normalized spacial score (nSPS) is 11.6. The van der Waals surface area contributed by atoms with Crippen LogP contribution >= 0.6 is 0 Å². The molecule has 3 aromatic rings. The van der Waals surface area contributed by atoms with Gasteiger partial charge in [-0.05, 0) is 0 Å². The monoisotopic (exact) mass is 618 g/mol. The minimum Gasteiger partial charge on any atom is -1.00 e. The van der Waals surface area contributed by atoms with Crippen molar-refractivity contribution < 1.29 is 132 Å². The van der Waals surface area contributed by atoms with Gasteiger partial charge in [-0.25, -0.2) is 0 Å². The zero-order chi connectivity index (χ0) is 23.0. The molecule has 0 fully saturated rings. The summed E-state index contributed by atoms with van der Waals surface area (Å²) in [6.45, 7) is 0. The van der Waals surface area contributed by atoms with Crippen LogP contribution in [0, 0.1) is 0 Å². The molecule has 3 aromatic carbocycles. The van der Waals surface area contributed by atoms with Gasteiger partial charge < -0.3 is 4.28 Å². The molecular formula is C18H18AsNa3O9S3. The van der Waals surface area contributed by atoms with E-state index in [1.165, 1.54) is 54.6 Å². The van der Waals surface area contributed by atoms with Crippen LogP contribution in [-0.4, -0.2) is 53.6 Å². The van der Waals surface area contributed by atoms with E-state index < -0.39 is 45.0 Å². The Morgan fingerprint density at radius 3 is 0.941 bits per heavy atom. The summed E-state index contributed by atoms with van der Waals surface area (Å²) in [7, 11) is -13.6. The first-order valence-corrected chi connectivity index (χ1v) is 15.4. The van der Waals surface area contributed by atoms with E-state index in [2.05, 4.69) is 0 Å². The van der Waals surface area contributed by atoms with Crippen molar-refractivity contribution >= 4 is 58.1 Å². The van der Waals surface area contributed by atoms with E-state index in [4.69, 9.17) is 0 Å². The van der Waals surface area contributed by atoms with Gasteiger partial charge in [-0.15, -0.1) is 0 Å². The van der Waals surface area contributed by atoms with Gasteiger partial charge in [0.05, 0.1) is 0 Å². The average molecular weight is 618 g/mol. The first kappa shape index (κ1) is 34.9. The molecule has 170 valence electrons. The molecule has 3 rings (SSSR count). The van der Waals surface area contributed by atoms with Crippen LogP contribution < -0.4 is 102 Å². The third kappa shape index (κ3) is 9.05. The van der Waals surface area contributed by atoms with Gasteiger partial charge in [-0.2, -0.15) is 0 Å². The summed E-state index contributed by atoms with van der Waals surface area (Å²) in [6.07, 6.45) is 0. The smallest absolute Gasteiger partial charge is 1.00 e. The van der Waals surface area contributed by atoms with E-state index in [-0.39, 0.29) is 108 Å². The number of rotatable bonds is 6. The largest absolute Gasteiger partial charge is 1.00 e. The third-order valence-electron chi connectivity index (χ3n) is 4.12. The Bertz CT molecular complexity index is 1310. The molecule has 0 saturated carbocycles. The topological polar surface area (TPSA) is 163 Å². The fourth-order valence-electron chi connectivity index (χ4n) is 2.80. The molecule has 3 N–H and O–H groups in total. The van der Waals surface area contributed by atoms with Crippen LogP contribution in [0.4, 0.5) is 0 Å². The van der Waals surface area contributed by atoms with Gasteiger partial charge in [0.15, 0.2) is 0 Å². The van der Waals surface area contributed by atoms with Crippen molar-refractivity contribution in [3.05, 3.63) is 72.8 Å². The molecule has 0 aliphatic carbocycles. The molecule has 34 heavy (non-hydrogen) atoms. The van der Waals surface area contributed by atoms with Crippen LogP contribution in [0.5, 0.6) is 0 Å². The van der Waals surface area contributed by atoms with Crippen molar-refractivity contribution in [1.29, 1.82) is 0 Å². The maximum Gasteiger partial charge on any atom is 1.00 e. The molecule has 0 aromatic heterocycles. The van der Waals surface area contributed by atoms with E-state index in [0.717, 1.165) is 0 Å². The molecular weight excluding hydrogens is 600 g/mol. The predicted octanol–water partition coefficient (Wildman–Crippen LogP) is -8.71. The minimum atomic E-state index is -4.53. The Kier molecular flexibility index (Phi) is 14.0. The predicted molar refractivity (Wildman–Crippen MR) is 117 cm³/mol. The molecule has 0 spiro atoms. The van der Waals surface area contributed by atoms with Gasteiger partial charge in [0.1, 0.15) is 0 Å². The molecule has 0 saturated heterocycles. The Balaban J connectivity index is -0.000000907. The van der Waals surface area contributed by atoms with Gasteiger partial charge in [-0.1, -0.05) is 0 Å². The summed E-state index contributed by atoms with van der Waals surface area (Å²) >= 11 is -2.83. The number of hydrogen-bond donors (Lipinski definition) is 3. The van der Waals surface area contributed by atoms with Crippen molar-refractivity contribution in [3.63, 3.8) is 0 Å². The van der Waals surface area contributed by atoms with Gasteiger partial charge in [0, 0.05) is 0 Å². The Labute approximate surface area is 273 Å². The van der Waals surface area contributed by atoms with Gasteiger partial charge in [0.2, 0.25) is 0 Å². The zero-order valence-electron chi connectivity index (χ0n) is 21.4. The molecule has 9 nitrogen and oxygen atoms in total. The van der Waals surface area contributed by atoms with Crippen molar-refractivity contribution in [2.45, 2.75) is 14.7 Å². The van der Waals surface area contributed by atoms with E-state index in [0.29, 0.717) is 13.1 Å². The molecule has 0 aliphatic heterocycles. The third-order valence-corrected chi connectivity index (χ3v) is 11.7. The molecule has 0 heterocycles. The summed E-state index contributed by atoms with van der Waals surface area (Å²) in [5.74, 6) is 0. The SMILES string of the molecule is O=S(=O)(O)c1cccc([As](c2cccc(S(=O)(=O)O)c2)c2cccc(S(=O)(=O)O)c2)c1.[H-].[H-].[H-].[Na+].[Na+].[Na+]. The van der Waals surface area contributed by atoms with E-state index in [1.807, 2.05) is 0 Å². The minimum absolute atomic E-state index is 0. The van der Waals surface area contributed by atoms with E-state index in [1.54, 1.807) is 18.2 Å². The van der Waals surface area contributed by atoms with E-state index in [9.17, 15) is 38.9 Å². The van der Waals surface area contributed by atoms with Crippen molar-refractivity contribution in [2.75, 3.05) is 0 Å². The molecule has 0 radical (unpaired) electrons. The fourth-order valence-corrected chi connectivity index (χ4v) is 9.99. The second-order valence-electron chi connectivity index (χ2n) is 6.25. The number of hydrogen-bond acceptors (Lipinski definition) is 6. The van der Waals surface area contributed by atoms with Crippen molar-refractivity contribution in [3.8, 4) is 0 Å². The molecule has 0 amide bonds. The molecule has 0 bridgehead atoms. The maximum atomic E-state index is 11.6. The van der Waals surface area contributed by atoms with Crippen LogP contribution in [0.25, 0.3) is 0 Å². The summed E-state index contributed by atoms with van der Waals surface area (Å²) in [4.78, 5) is -1.16.